The van der Waals surface area contributed by atoms with Crippen LogP contribution >= 0.6 is 11.8 Å². The molecule has 0 saturated carbocycles. The van der Waals surface area contributed by atoms with Crippen LogP contribution in [0.2, 0.25) is 0 Å². The Kier molecular flexibility index (Phi) is 7.76. The van der Waals surface area contributed by atoms with Gasteiger partial charge in [-0.1, -0.05) is 49.6 Å². The first kappa shape index (κ1) is 19.8. The smallest absolute Gasteiger partial charge is 0.141 e. The maximum atomic E-state index is 13.1. The lowest BCUT2D eigenvalue weighted by atomic mass is 9.99. The normalized spacial score (nSPS) is 19.8. The monoisotopic (exact) mass is 360 g/mol. The van der Waals surface area contributed by atoms with E-state index in [0.717, 1.165) is 36.5 Å². The third-order valence-corrected chi connectivity index (χ3v) is 5.11. The Hall–Kier alpha value is -1.55. The molecule has 2 heterocycles. The number of halogens is 1. The molecule has 0 N–H and O–H groups in total. The number of aliphatic imine (C=N–C) groups is 1. The highest BCUT2D eigenvalue weighted by Gasteiger charge is 2.29. The summed E-state index contributed by atoms with van der Waals surface area (Å²) in [6.45, 7) is 11.6. The molecule has 1 fully saturated rings. The average Bonchev–Trinajstić information content (AvgIpc) is 3.07. The fourth-order valence-corrected chi connectivity index (χ4v) is 3.73. The van der Waals surface area contributed by atoms with Crippen molar-refractivity contribution in [2.45, 2.75) is 52.6 Å². The van der Waals surface area contributed by atoms with Crippen molar-refractivity contribution in [1.82, 2.24) is 4.90 Å². The van der Waals surface area contributed by atoms with Crippen molar-refractivity contribution in [1.29, 1.82) is 0 Å². The zero-order valence-corrected chi connectivity index (χ0v) is 16.4. The summed E-state index contributed by atoms with van der Waals surface area (Å²) >= 11 is 1.63. The molecular weight excluding hydrogens is 331 g/mol. The van der Waals surface area contributed by atoms with Crippen LogP contribution in [0.5, 0.6) is 0 Å². The molecule has 0 spiro atoms. The van der Waals surface area contributed by atoms with Crippen molar-refractivity contribution in [3.8, 4) is 0 Å². The van der Waals surface area contributed by atoms with Crippen LogP contribution in [0.15, 0.2) is 63.0 Å². The molecule has 1 unspecified atom stereocenters. The Morgan fingerprint density at radius 2 is 2.28 bits per heavy atom. The van der Waals surface area contributed by atoms with Crippen molar-refractivity contribution in [3.63, 3.8) is 0 Å². The number of rotatable bonds is 8. The van der Waals surface area contributed by atoms with E-state index in [1.807, 2.05) is 24.5 Å². The molecule has 2 aliphatic heterocycles. The van der Waals surface area contributed by atoms with Crippen molar-refractivity contribution in [2.24, 2.45) is 4.99 Å². The van der Waals surface area contributed by atoms with E-state index < -0.39 is 6.17 Å². The van der Waals surface area contributed by atoms with Crippen LogP contribution in [-0.2, 0) is 0 Å². The molecule has 0 aliphatic carbocycles. The zero-order chi connectivity index (χ0) is 18.2. The van der Waals surface area contributed by atoms with Gasteiger partial charge in [0, 0.05) is 17.1 Å². The van der Waals surface area contributed by atoms with Gasteiger partial charge in [0.15, 0.2) is 0 Å². The van der Waals surface area contributed by atoms with E-state index in [4.69, 9.17) is 4.99 Å². The molecule has 0 bridgehead atoms. The fraction of sp³-hybridized carbons (Fsp3) is 0.476. The SMILES string of the molecule is C=C(S/C=C\C)C1=NCC(C(/C=C\CC(C)F)=C/CC)=C2CCCN12. The molecule has 25 heavy (non-hydrogen) atoms. The lowest BCUT2D eigenvalue weighted by Crippen LogP contribution is -2.31. The number of allylic oxidation sites excluding steroid dienone is 5. The number of hydrogen-bond acceptors (Lipinski definition) is 3. The predicted octanol–water partition coefficient (Wildman–Crippen LogP) is 6.17. The van der Waals surface area contributed by atoms with E-state index in [1.54, 1.807) is 18.7 Å². The minimum Gasteiger partial charge on any atom is -0.329 e. The molecule has 0 aromatic rings. The van der Waals surface area contributed by atoms with Crippen LogP contribution in [0.4, 0.5) is 4.39 Å². The molecule has 2 aliphatic rings. The molecule has 0 radical (unpaired) electrons. The Morgan fingerprint density at radius 3 is 2.96 bits per heavy atom. The molecule has 4 heteroatoms. The van der Waals surface area contributed by atoms with Crippen LogP contribution in [0, 0.1) is 0 Å². The second-order valence-corrected chi connectivity index (χ2v) is 7.32. The molecule has 1 saturated heterocycles. The van der Waals surface area contributed by atoms with E-state index in [1.165, 1.54) is 16.8 Å². The average molecular weight is 361 g/mol. The molecule has 0 aromatic carbocycles. The maximum Gasteiger partial charge on any atom is 0.141 e. The number of alkyl halides is 1. The first-order chi connectivity index (χ1) is 12.1. The highest BCUT2D eigenvalue weighted by atomic mass is 32.2. The Balaban J connectivity index is 2.25. The van der Waals surface area contributed by atoms with Crippen molar-refractivity contribution < 1.29 is 4.39 Å². The van der Waals surface area contributed by atoms with Crippen LogP contribution in [0.25, 0.3) is 0 Å². The van der Waals surface area contributed by atoms with Crippen LogP contribution in [0.1, 0.15) is 46.5 Å². The summed E-state index contributed by atoms with van der Waals surface area (Å²) in [4.78, 5) is 8.16. The van der Waals surface area contributed by atoms with Crippen molar-refractivity contribution in [2.75, 3.05) is 13.1 Å². The number of amidine groups is 1. The van der Waals surface area contributed by atoms with E-state index >= 15 is 0 Å². The first-order valence-corrected chi connectivity index (χ1v) is 9.98. The van der Waals surface area contributed by atoms with Gasteiger partial charge < -0.3 is 4.90 Å². The highest BCUT2D eigenvalue weighted by molar-refractivity contribution is 8.06. The number of hydrogen-bond donors (Lipinski definition) is 0. The Labute approximate surface area is 156 Å². The lowest BCUT2D eigenvalue weighted by molar-refractivity contribution is 0.365. The number of nitrogens with zero attached hydrogens (tertiary/aromatic N) is 2. The molecule has 2 nitrogen and oxygen atoms in total. The minimum absolute atomic E-state index is 0.457. The quantitative estimate of drug-likeness (QED) is 0.481. The van der Waals surface area contributed by atoms with Gasteiger partial charge in [-0.05, 0) is 56.1 Å². The summed E-state index contributed by atoms with van der Waals surface area (Å²) in [6.07, 6.45) is 11.1. The third-order valence-electron chi connectivity index (χ3n) is 4.24. The van der Waals surface area contributed by atoms with E-state index in [9.17, 15) is 4.39 Å². The predicted molar refractivity (Wildman–Crippen MR) is 110 cm³/mol. The van der Waals surface area contributed by atoms with Gasteiger partial charge in [0.1, 0.15) is 12.0 Å². The zero-order valence-electron chi connectivity index (χ0n) is 15.6. The maximum absolute atomic E-state index is 13.1. The van der Waals surface area contributed by atoms with Crippen molar-refractivity contribution in [3.05, 3.63) is 58.0 Å². The second-order valence-electron chi connectivity index (χ2n) is 6.32. The summed E-state index contributed by atoms with van der Waals surface area (Å²) in [5.74, 6) is 1.01. The van der Waals surface area contributed by atoms with Gasteiger partial charge in [-0.3, -0.25) is 4.99 Å². The summed E-state index contributed by atoms with van der Waals surface area (Å²) in [7, 11) is 0. The summed E-state index contributed by atoms with van der Waals surface area (Å²) in [5.41, 5.74) is 3.85. The fourth-order valence-electron chi connectivity index (χ4n) is 3.15. The van der Waals surface area contributed by atoms with Gasteiger partial charge in [-0.25, -0.2) is 4.39 Å². The second kappa shape index (κ2) is 9.81. The number of thioether (sulfide) groups is 1. The Bertz CT molecular complexity index is 638. The highest BCUT2D eigenvalue weighted by Crippen LogP contribution is 2.35. The first-order valence-electron chi connectivity index (χ1n) is 9.10. The van der Waals surface area contributed by atoms with E-state index in [2.05, 4.69) is 30.6 Å². The number of fused-ring (bicyclic) bond motifs is 1. The van der Waals surface area contributed by atoms with Gasteiger partial charge in [-0.2, -0.15) is 0 Å². The van der Waals surface area contributed by atoms with Gasteiger partial charge in [-0.15, -0.1) is 0 Å². The van der Waals surface area contributed by atoms with Crippen LogP contribution in [0.3, 0.4) is 0 Å². The summed E-state index contributed by atoms with van der Waals surface area (Å²) in [6, 6.07) is 0. The third kappa shape index (κ3) is 5.21. The standard InChI is InChI=1S/C21H29FN2S/c1-5-9-18(11-7-10-16(3)22)19-15-23-21(17(4)25-14-6-2)24-13-8-12-20(19)24/h6-7,9,11,14,16H,4-5,8,10,12-13,15H2,1-3H3/b11-7-,14-6-,18-9+. The largest absolute Gasteiger partial charge is 0.329 e. The molecule has 0 amide bonds. The molecular formula is C21H29FN2S. The van der Waals surface area contributed by atoms with Crippen molar-refractivity contribution >= 4 is 17.6 Å². The van der Waals surface area contributed by atoms with Gasteiger partial charge in [0.05, 0.1) is 6.54 Å². The van der Waals surface area contributed by atoms with E-state index in [-0.39, 0.29) is 0 Å². The molecule has 1 atom stereocenters. The lowest BCUT2D eigenvalue weighted by Gasteiger charge is -2.29. The van der Waals surface area contributed by atoms with Gasteiger partial charge in [0.25, 0.3) is 0 Å². The molecule has 2 rings (SSSR count). The summed E-state index contributed by atoms with van der Waals surface area (Å²) < 4.78 is 13.1. The molecule has 136 valence electrons. The van der Waals surface area contributed by atoms with Gasteiger partial charge >= 0.3 is 0 Å². The topological polar surface area (TPSA) is 15.6 Å². The Morgan fingerprint density at radius 1 is 1.48 bits per heavy atom. The summed E-state index contributed by atoms with van der Waals surface area (Å²) in [5, 5.41) is 2.04. The molecule has 0 aromatic heterocycles. The van der Waals surface area contributed by atoms with Crippen LogP contribution in [-0.4, -0.2) is 30.0 Å². The minimum atomic E-state index is -0.803. The van der Waals surface area contributed by atoms with Gasteiger partial charge in [0.2, 0.25) is 0 Å². The van der Waals surface area contributed by atoms with E-state index in [0.29, 0.717) is 13.0 Å². The van der Waals surface area contributed by atoms with Crippen LogP contribution < -0.4 is 0 Å².